The largest absolute Gasteiger partial charge is 0.460 e. The van der Waals surface area contributed by atoms with Gasteiger partial charge >= 0.3 is 5.97 Å². The molecule has 1 aliphatic carbocycles. The lowest BCUT2D eigenvalue weighted by Crippen LogP contribution is -2.38. The second kappa shape index (κ2) is 8.21. The second-order valence-electron chi connectivity index (χ2n) is 8.50. The molecule has 0 radical (unpaired) electrons. The normalized spacial score (nSPS) is 21.6. The van der Waals surface area contributed by atoms with Crippen LogP contribution < -0.4 is 5.32 Å². The van der Waals surface area contributed by atoms with Crippen molar-refractivity contribution < 1.29 is 19.1 Å². The molecular formula is C22H29NO4S. The Labute approximate surface area is 170 Å². The van der Waals surface area contributed by atoms with Crippen molar-refractivity contribution in [2.45, 2.75) is 59.5 Å². The third kappa shape index (κ3) is 4.39. The van der Waals surface area contributed by atoms with Crippen molar-refractivity contribution in [3.05, 3.63) is 44.9 Å². The average Bonchev–Trinajstić information content (AvgIpc) is 3.10. The van der Waals surface area contributed by atoms with Gasteiger partial charge in [-0.2, -0.15) is 0 Å². The summed E-state index contributed by atoms with van der Waals surface area (Å²) in [5.41, 5.74) is 2.86. The minimum atomic E-state index is -0.389. The molecule has 0 saturated heterocycles. The van der Waals surface area contributed by atoms with E-state index in [2.05, 4.69) is 19.2 Å². The van der Waals surface area contributed by atoms with Crippen LogP contribution in [0.3, 0.4) is 0 Å². The zero-order valence-corrected chi connectivity index (χ0v) is 18.1. The summed E-state index contributed by atoms with van der Waals surface area (Å²) in [6.45, 7) is 10.5. The Morgan fingerprint density at radius 2 is 2.07 bits per heavy atom. The molecule has 152 valence electrons. The molecule has 5 nitrogen and oxygen atoms in total. The van der Waals surface area contributed by atoms with Crippen molar-refractivity contribution in [1.82, 2.24) is 5.32 Å². The minimum absolute atomic E-state index is 0.0879. The number of dihydropyridines is 1. The monoisotopic (exact) mass is 403 g/mol. The van der Waals surface area contributed by atoms with Crippen LogP contribution in [0.15, 0.2) is 40.1 Å². The smallest absolute Gasteiger partial charge is 0.336 e. The minimum Gasteiger partial charge on any atom is -0.460 e. The van der Waals surface area contributed by atoms with E-state index < -0.39 is 0 Å². The first-order chi connectivity index (χ1) is 13.2. The number of allylic oxidation sites excluding steroid dienone is 3. The highest BCUT2D eigenvalue weighted by atomic mass is 32.1. The van der Waals surface area contributed by atoms with Crippen molar-refractivity contribution in [2.24, 2.45) is 5.41 Å². The predicted molar refractivity (Wildman–Crippen MR) is 110 cm³/mol. The van der Waals surface area contributed by atoms with E-state index in [4.69, 9.17) is 9.47 Å². The van der Waals surface area contributed by atoms with Crippen LogP contribution in [-0.4, -0.2) is 31.1 Å². The quantitative estimate of drug-likeness (QED) is 0.566. The molecule has 0 aromatic carbocycles. The van der Waals surface area contributed by atoms with Crippen LogP contribution in [0.1, 0.15) is 58.3 Å². The highest BCUT2D eigenvalue weighted by molar-refractivity contribution is 7.10. The van der Waals surface area contributed by atoms with E-state index in [1.807, 2.05) is 38.3 Å². The summed E-state index contributed by atoms with van der Waals surface area (Å²) < 4.78 is 11.0. The summed E-state index contributed by atoms with van der Waals surface area (Å²) in [7, 11) is 0. The molecule has 28 heavy (non-hydrogen) atoms. The maximum atomic E-state index is 13.1. The van der Waals surface area contributed by atoms with Gasteiger partial charge in [0.1, 0.15) is 6.61 Å². The Hall–Kier alpha value is -1.92. The van der Waals surface area contributed by atoms with E-state index in [1.165, 1.54) is 0 Å². The lowest BCUT2D eigenvalue weighted by Gasteiger charge is -2.39. The predicted octanol–water partition coefficient (Wildman–Crippen LogP) is 4.32. The van der Waals surface area contributed by atoms with Gasteiger partial charge in [0.25, 0.3) is 0 Å². The Morgan fingerprint density at radius 1 is 1.32 bits per heavy atom. The Bertz CT molecular complexity index is 818. The van der Waals surface area contributed by atoms with E-state index in [0.29, 0.717) is 18.6 Å². The zero-order valence-electron chi connectivity index (χ0n) is 17.3. The highest BCUT2D eigenvalue weighted by Crippen LogP contribution is 2.47. The molecule has 1 aliphatic heterocycles. The Kier molecular flexibility index (Phi) is 6.10. The van der Waals surface area contributed by atoms with Crippen LogP contribution >= 0.6 is 11.3 Å². The van der Waals surface area contributed by atoms with Gasteiger partial charge in [0.2, 0.25) is 0 Å². The number of esters is 1. The van der Waals surface area contributed by atoms with Crippen LogP contribution in [-0.2, 0) is 19.1 Å². The summed E-state index contributed by atoms with van der Waals surface area (Å²) >= 11 is 1.56. The second-order valence-corrected chi connectivity index (χ2v) is 9.48. The van der Waals surface area contributed by atoms with E-state index in [1.54, 1.807) is 11.3 Å². The van der Waals surface area contributed by atoms with Crippen molar-refractivity contribution in [2.75, 3.05) is 13.2 Å². The fraction of sp³-hybridized carbons (Fsp3) is 0.545. The number of Topliss-reactive ketones (excluding diaryl/α,β-unsaturated/α-hetero) is 1. The van der Waals surface area contributed by atoms with Gasteiger partial charge in [0.05, 0.1) is 24.2 Å². The average molecular weight is 404 g/mol. The molecule has 1 unspecified atom stereocenters. The number of hydrogen-bond donors (Lipinski definition) is 1. The molecule has 1 atom stereocenters. The number of nitrogens with one attached hydrogen (secondary N) is 1. The standard InChI is InChI=1S/C22H29NO4S/c1-13(2)26-8-9-27-21(25)18-14(3)23-15-11-22(4,5)12-16(24)19(15)20(18)17-7-6-10-28-17/h6-7,10,13,20,23H,8-9,11-12H2,1-5H3. The third-order valence-corrected chi connectivity index (χ3v) is 5.99. The number of rotatable bonds is 6. The number of ketones is 1. The number of carbonyl (C=O) groups is 2. The van der Waals surface area contributed by atoms with Gasteiger partial charge in [-0.1, -0.05) is 19.9 Å². The van der Waals surface area contributed by atoms with Gasteiger partial charge in [-0.05, 0) is 44.1 Å². The van der Waals surface area contributed by atoms with Crippen LogP contribution in [0.2, 0.25) is 0 Å². The number of carbonyl (C=O) groups excluding carboxylic acids is 2. The van der Waals surface area contributed by atoms with Gasteiger partial charge in [-0.15, -0.1) is 11.3 Å². The van der Waals surface area contributed by atoms with Crippen molar-refractivity contribution >= 4 is 23.1 Å². The number of hydrogen-bond acceptors (Lipinski definition) is 6. The maximum Gasteiger partial charge on any atom is 0.336 e. The van der Waals surface area contributed by atoms with Crippen LogP contribution in [0.5, 0.6) is 0 Å². The Morgan fingerprint density at radius 3 is 2.71 bits per heavy atom. The van der Waals surface area contributed by atoms with E-state index in [9.17, 15) is 9.59 Å². The fourth-order valence-electron chi connectivity index (χ4n) is 3.94. The molecule has 1 N–H and O–H groups in total. The topological polar surface area (TPSA) is 64.6 Å². The van der Waals surface area contributed by atoms with E-state index in [0.717, 1.165) is 28.3 Å². The van der Waals surface area contributed by atoms with Gasteiger partial charge in [-0.25, -0.2) is 4.79 Å². The first kappa shape index (κ1) is 20.8. The molecule has 2 heterocycles. The van der Waals surface area contributed by atoms with E-state index in [-0.39, 0.29) is 35.8 Å². The zero-order chi connectivity index (χ0) is 20.5. The summed E-state index contributed by atoms with van der Waals surface area (Å²) in [6.07, 6.45) is 1.36. The van der Waals surface area contributed by atoms with E-state index >= 15 is 0 Å². The molecule has 0 fully saturated rings. The van der Waals surface area contributed by atoms with Gasteiger partial charge in [-0.3, -0.25) is 4.79 Å². The highest BCUT2D eigenvalue weighted by Gasteiger charge is 2.43. The van der Waals surface area contributed by atoms with Crippen LogP contribution in [0.4, 0.5) is 0 Å². The third-order valence-electron chi connectivity index (χ3n) is 5.06. The lowest BCUT2D eigenvalue weighted by molar-refractivity contribution is -0.141. The van der Waals surface area contributed by atoms with Gasteiger partial charge < -0.3 is 14.8 Å². The van der Waals surface area contributed by atoms with Crippen molar-refractivity contribution in [3.63, 3.8) is 0 Å². The first-order valence-corrected chi connectivity index (χ1v) is 10.6. The molecule has 0 spiro atoms. The van der Waals surface area contributed by atoms with Crippen LogP contribution in [0.25, 0.3) is 0 Å². The molecular weight excluding hydrogens is 374 g/mol. The molecule has 0 saturated carbocycles. The number of thiophene rings is 1. The fourth-order valence-corrected chi connectivity index (χ4v) is 4.79. The maximum absolute atomic E-state index is 13.1. The molecule has 1 aromatic heterocycles. The molecule has 0 amide bonds. The molecule has 2 aliphatic rings. The molecule has 3 rings (SSSR count). The summed E-state index contributed by atoms with van der Waals surface area (Å²) in [6, 6.07) is 3.94. The number of ether oxygens (including phenoxy) is 2. The SMILES string of the molecule is CC1=C(C(=O)OCCOC(C)C)C(c2cccs2)C2=C(CC(C)(C)CC2=O)N1. The summed E-state index contributed by atoms with van der Waals surface area (Å²) in [5, 5.41) is 5.32. The summed E-state index contributed by atoms with van der Waals surface area (Å²) in [4.78, 5) is 27.0. The molecule has 1 aromatic rings. The van der Waals surface area contributed by atoms with Crippen molar-refractivity contribution in [3.8, 4) is 0 Å². The van der Waals surface area contributed by atoms with Gasteiger partial charge in [0.15, 0.2) is 5.78 Å². The lowest BCUT2D eigenvalue weighted by atomic mass is 9.70. The Balaban J connectivity index is 1.91. The molecule has 0 bridgehead atoms. The van der Waals surface area contributed by atoms with Crippen molar-refractivity contribution in [1.29, 1.82) is 0 Å². The molecule has 6 heteroatoms. The van der Waals surface area contributed by atoms with Gasteiger partial charge in [0, 0.05) is 28.3 Å². The first-order valence-electron chi connectivity index (χ1n) is 9.76. The van der Waals surface area contributed by atoms with Crippen LogP contribution in [0, 0.1) is 5.41 Å². The summed E-state index contributed by atoms with van der Waals surface area (Å²) in [5.74, 6) is -0.642.